The summed E-state index contributed by atoms with van der Waals surface area (Å²) in [5.74, 6) is -0.615. The zero-order chi connectivity index (χ0) is 47.4. The van der Waals surface area contributed by atoms with Crippen LogP contribution < -0.4 is 5.32 Å². The van der Waals surface area contributed by atoms with Crippen LogP contribution in [0.15, 0.2) is 122 Å². The van der Waals surface area contributed by atoms with Gasteiger partial charge in [-0.05, 0) is 57.8 Å². The van der Waals surface area contributed by atoms with Gasteiger partial charge in [-0.25, -0.2) is 0 Å². The fourth-order valence-electron chi connectivity index (χ4n) is 7.31. The molecule has 368 valence electrons. The average molecular weight is 900 g/mol. The quantitative estimate of drug-likeness (QED) is 0.0321. The minimum Gasteiger partial charge on any atom is -0.462 e. The molecule has 6 nitrogen and oxygen atoms in total. The second kappa shape index (κ2) is 51.2. The largest absolute Gasteiger partial charge is 0.462 e. The third-order valence-corrected chi connectivity index (χ3v) is 11.3. The van der Waals surface area contributed by atoms with Crippen LogP contribution in [0.3, 0.4) is 0 Å². The Kier molecular flexibility index (Phi) is 48.3. The minimum absolute atomic E-state index is 0.0127. The van der Waals surface area contributed by atoms with Crippen molar-refractivity contribution in [3.8, 4) is 0 Å². The van der Waals surface area contributed by atoms with E-state index >= 15 is 0 Å². The van der Waals surface area contributed by atoms with Crippen LogP contribution in [0.25, 0.3) is 0 Å². The van der Waals surface area contributed by atoms with E-state index in [1.807, 2.05) is 91.1 Å². The molecule has 3 unspecified atom stereocenters. The van der Waals surface area contributed by atoms with E-state index in [0.717, 1.165) is 70.6 Å². The Morgan fingerprint density at radius 3 is 1.32 bits per heavy atom. The fraction of sp³-hybridized carbons (Fsp3) is 0.627. The van der Waals surface area contributed by atoms with E-state index in [9.17, 15) is 19.8 Å². The number of carbonyl (C=O) groups is 2. The molecule has 0 radical (unpaired) electrons. The molecule has 0 fully saturated rings. The monoisotopic (exact) mass is 900 g/mol. The molecule has 0 rings (SSSR count). The fourth-order valence-corrected chi connectivity index (χ4v) is 7.31. The summed E-state index contributed by atoms with van der Waals surface area (Å²) in [4.78, 5) is 26.1. The van der Waals surface area contributed by atoms with Crippen molar-refractivity contribution in [2.45, 2.75) is 232 Å². The summed E-state index contributed by atoms with van der Waals surface area (Å²) in [6.07, 6.45) is 71.2. The Bertz CT molecular complexity index is 1380. The standard InChI is InChI=1S/C59H97NO5/c1-4-7-10-13-16-19-22-25-27-29-31-34-36-39-42-45-48-51-57(62)56(54-61)60-58(63)53-55(50-47-44-41-38-35-33-30-28-26-23-20-17-14-11-8-5-2)65-59(64)52-49-46-43-40-37-32-24-21-18-15-12-9-6-3/h9,11-12,14-15,17-18,20-21,23-24,26,28,30,32-33,35,37,40,43,55-57,61-62H,4-8,10,13,16,19,22,25,27,29,31,34,36,38-39,41-42,44-54H2,1-3H3,(H,60,63)/b12-9+,14-11+,18-15+,20-17+,24-21-,26-23+,30-28+,35-33+,37-32-,43-40+. The van der Waals surface area contributed by atoms with E-state index in [1.54, 1.807) is 0 Å². The van der Waals surface area contributed by atoms with Crippen LogP contribution >= 0.6 is 0 Å². The number of ether oxygens (including phenoxy) is 1. The lowest BCUT2D eigenvalue weighted by molar-refractivity contribution is -0.151. The Labute approximate surface area is 400 Å². The lowest BCUT2D eigenvalue weighted by Crippen LogP contribution is -2.46. The van der Waals surface area contributed by atoms with E-state index in [4.69, 9.17) is 4.74 Å². The third-order valence-electron chi connectivity index (χ3n) is 11.3. The van der Waals surface area contributed by atoms with Gasteiger partial charge >= 0.3 is 5.97 Å². The first-order chi connectivity index (χ1) is 32.0. The van der Waals surface area contributed by atoms with Crippen molar-refractivity contribution in [2.24, 2.45) is 0 Å². The van der Waals surface area contributed by atoms with Gasteiger partial charge < -0.3 is 20.3 Å². The number of unbranched alkanes of at least 4 members (excludes halogenated alkanes) is 21. The van der Waals surface area contributed by atoms with E-state index in [2.05, 4.69) is 56.5 Å². The Balaban J connectivity index is 4.74. The number of carbonyl (C=O) groups excluding carboxylic acids is 2. The number of nitrogens with one attached hydrogen (secondary N) is 1. The number of amides is 1. The highest BCUT2D eigenvalue weighted by Gasteiger charge is 2.24. The Hall–Kier alpha value is -3.74. The van der Waals surface area contributed by atoms with Crippen molar-refractivity contribution in [2.75, 3.05) is 6.61 Å². The highest BCUT2D eigenvalue weighted by atomic mass is 16.5. The predicted molar refractivity (Wildman–Crippen MR) is 282 cm³/mol. The summed E-state index contributed by atoms with van der Waals surface area (Å²) in [5, 5.41) is 23.8. The van der Waals surface area contributed by atoms with Crippen LogP contribution in [-0.4, -0.2) is 46.9 Å². The second-order valence-electron chi connectivity index (χ2n) is 17.4. The molecule has 6 heteroatoms. The van der Waals surface area contributed by atoms with Gasteiger partial charge in [-0.2, -0.15) is 0 Å². The van der Waals surface area contributed by atoms with Gasteiger partial charge in [0.25, 0.3) is 0 Å². The van der Waals surface area contributed by atoms with Crippen LogP contribution in [0, 0.1) is 0 Å². The molecule has 0 heterocycles. The summed E-state index contributed by atoms with van der Waals surface area (Å²) in [5.41, 5.74) is 0. The molecule has 0 aliphatic rings. The molecule has 0 saturated heterocycles. The molecular weight excluding hydrogens is 803 g/mol. The molecule has 0 saturated carbocycles. The van der Waals surface area contributed by atoms with E-state index in [1.165, 1.54) is 89.9 Å². The first kappa shape index (κ1) is 61.3. The maximum Gasteiger partial charge on any atom is 0.306 e. The smallest absolute Gasteiger partial charge is 0.306 e. The SMILES string of the molecule is CC/C=C/C=C/C=C\C=C/C=C/CCCC(=O)OC(CCCCC/C=C/C=C/C=C/C=C/C=C/CCC)CC(=O)NC(CO)C(O)CCCCCCCCCCCCCCCCCCC. The second-order valence-corrected chi connectivity index (χ2v) is 17.4. The molecule has 0 aliphatic heterocycles. The van der Waals surface area contributed by atoms with Gasteiger partial charge in [0, 0.05) is 6.42 Å². The predicted octanol–water partition coefficient (Wildman–Crippen LogP) is 16.1. The molecule has 0 bridgehead atoms. The maximum atomic E-state index is 13.2. The van der Waals surface area contributed by atoms with Crippen LogP contribution in [0.4, 0.5) is 0 Å². The number of allylic oxidation sites excluding steroid dienone is 20. The number of aliphatic hydroxyl groups is 2. The van der Waals surface area contributed by atoms with Crippen molar-refractivity contribution in [1.29, 1.82) is 0 Å². The molecule has 0 aromatic carbocycles. The highest BCUT2D eigenvalue weighted by molar-refractivity contribution is 5.77. The Morgan fingerprint density at radius 2 is 0.862 bits per heavy atom. The summed E-state index contributed by atoms with van der Waals surface area (Å²) >= 11 is 0. The molecule has 0 aromatic heterocycles. The highest BCUT2D eigenvalue weighted by Crippen LogP contribution is 2.17. The van der Waals surface area contributed by atoms with E-state index in [0.29, 0.717) is 19.3 Å². The zero-order valence-corrected chi connectivity index (χ0v) is 41.8. The van der Waals surface area contributed by atoms with Crippen molar-refractivity contribution in [3.05, 3.63) is 122 Å². The molecule has 1 amide bonds. The van der Waals surface area contributed by atoms with Crippen LogP contribution in [0.5, 0.6) is 0 Å². The van der Waals surface area contributed by atoms with Crippen LogP contribution in [0.1, 0.15) is 213 Å². The molecule has 0 aromatic rings. The number of aliphatic hydroxyl groups excluding tert-OH is 2. The van der Waals surface area contributed by atoms with Gasteiger partial charge in [-0.1, -0.05) is 264 Å². The maximum absolute atomic E-state index is 13.2. The van der Waals surface area contributed by atoms with Crippen LogP contribution in [0.2, 0.25) is 0 Å². The number of hydrogen-bond donors (Lipinski definition) is 3. The normalized spacial score (nSPS) is 14.2. The van der Waals surface area contributed by atoms with Gasteiger partial charge in [-0.15, -0.1) is 0 Å². The molecule has 3 N–H and O–H groups in total. The first-order valence-electron chi connectivity index (χ1n) is 26.4. The number of esters is 1. The van der Waals surface area contributed by atoms with E-state index < -0.39 is 18.2 Å². The van der Waals surface area contributed by atoms with Crippen molar-refractivity contribution < 1.29 is 24.5 Å². The molecule has 0 aliphatic carbocycles. The lowest BCUT2D eigenvalue weighted by atomic mass is 10.0. The molecular formula is C59H97NO5. The van der Waals surface area contributed by atoms with Gasteiger partial charge in [-0.3, -0.25) is 9.59 Å². The number of hydrogen-bond acceptors (Lipinski definition) is 5. The Morgan fingerprint density at radius 1 is 0.462 bits per heavy atom. The average Bonchev–Trinajstić information content (AvgIpc) is 3.30. The van der Waals surface area contributed by atoms with Gasteiger partial charge in [0.05, 0.1) is 25.2 Å². The third kappa shape index (κ3) is 46.6. The van der Waals surface area contributed by atoms with Crippen LogP contribution in [-0.2, 0) is 14.3 Å². The molecule has 3 atom stereocenters. The van der Waals surface area contributed by atoms with E-state index in [-0.39, 0.29) is 31.3 Å². The summed E-state index contributed by atoms with van der Waals surface area (Å²) in [6, 6.07) is -0.740. The van der Waals surface area contributed by atoms with Gasteiger partial charge in [0.2, 0.25) is 5.91 Å². The molecule has 0 spiro atoms. The summed E-state index contributed by atoms with van der Waals surface area (Å²) in [6.45, 7) is 6.22. The van der Waals surface area contributed by atoms with Crippen molar-refractivity contribution >= 4 is 11.9 Å². The first-order valence-corrected chi connectivity index (χ1v) is 26.4. The zero-order valence-electron chi connectivity index (χ0n) is 41.8. The summed E-state index contributed by atoms with van der Waals surface area (Å²) in [7, 11) is 0. The van der Waals surface area contributed by atoms with Crippen molar-refractivity contribution in [3.63, 3.8) is 0 Å². The van der Waals surface area contributed by atoms with Crippen molar-refractivity contribution in [1.82, 2.24) is 5.32 Å². The lowest BCUT2D eigenvalue weighted by Gasteiger charge is -2.24. The van der Waals surface area contributed by atoms with Gasteiger partial charge in [0.1, 0.15) is 6.10 Å². The van der Waals surface area contributed by atoms with Gasteiger partial charge in [0.15, 0.2) is 0 Å². The minimum atomic E-state index is -0.821. The number of rotatable bonds is 45. The molecule has 65 heavy (non-hydrogen) atoms. The topological polar surface area (TPSA) is 95.9 Å². The summed E-state index contributed by atoms with van der Waals surface area (Å²) < 4.78 is 5.87.